The summed E-state index contributed by atoms with van der Waals surface area (Å²) < 4.78 is 54.2. The fourth-order valence-corrected chi connectivity index (χ4v) is 1.87. The molecule has 0 aliphatic rings. The van der Waals surface area contributed by atoms with Gasteiger partial charge in [-0.25, -0.2) is 8.78 Å². The van der Waals surface area contributed by atoms with Gasteiger partial charge in [-0.3, -0.25) is 11.3 Å². The van der Waals surface area contributed by atoms with Gasteiger partial charge in [0.15, 0.2) is 0 Å². The average molecular weight is 308 g/mol. The Bertz CT molecular complexity index is 429. The van der Waals surface area contributed by atoms with Crippen LogP contribution in [0, 0.1) is 0 Å². The van der Waals surface area contributed by atoms with E-state index in [1.54, 1.807) is 6.07 Å². The molecule has 0 bridgehead atoms. The molecule has 0 aliphatic heterocycles. The number of rotatable bonds is 9. The van der Waals surface area contributed by atoms with Crippen LogP contribution in [0.25, 0.3) is 0 Å². The van der Waals surface area contributed by atoms with Gasteiger partial charge < -0.3 is 4.74 Å². The minimum absolute atomic E-state index is 0.214. The third kappa shape index (κ3) is 5.61. The lowest BCUT2D eigenvalue weighted by Gasteiger charge is -2.20. The lowest BCUT2D eigenvalue weighted by molar-refractivity contribution is -0.167. The average Bonchev–Trinajstić information content (AvgIpc) is 2.44. The summed E-state index contributed by atoms with van der Waals surface area (Å²) in [6.45, 7) is 0.493. The van der Waals surface area contributed by atoms with Gasteiger partial charge in [-0.2, -0.15) is 8.78 Å². The zero-order valence-corrected chi connectivity index (χ0v) is 11.8. The number of alkyl halides is 4. The van der Waals surface area contributed by atoms with Crippen molar-refractivity contribution in [2.75, 3.05) is 13.2 Å². The van der Waals surface area contributed by atoms with Crippen molar-refractivity contribution < 1.29 is 22.3 Å². The van der Waals surface area contributed by atoms with Crippen molar-refractivity contribution in [2.45, 2.75) is 38.2 Å². The van der Waals surface area contributed by atoms with E-state index in [2.05, 4.69) is 5.43 Å². The quantitative estimate of drug-likeness (QED) is 0.419. The standard InChI is InChI=1S/C14H20F4N2O/c1-2-4-10-5-3-6-11(7-10)12(20-19)8-21-9-14(17,18)13(15)16/h3,5-7,12-13,20H,2,4,8-9,19H2,1H3. The molecule has 120 valence electrons. The summed E-state index contributed by atoms with van der Waals surface area (Å²) in [5, 5.41) is 0. The van der Waals surface area contributed by atoms with E-state index >= 15 is 0 Å². The first-order valence-electron chi connectivity index (χ1n) is 6.69. The predicted octanol–water partition coefficient (Wildman–Crippen LogP) is 3.06. The summed E-state index contributed by atoms with van der Waals surface area (Å²) in [4.78, 5) is 0. The smallest absolute Gasteiger partial charge is 0.330 e. The Hall–Kier alpha value is -1.18. The topological polar surface area (TPSA) is 47.3 Å². The zero-order valence-electron chi connectivity index (χ0n) is 11.8. The van der Waals surface area contributed by atoms with Crippen LogP contribution in [0.2, 0.25) is 0 Å². The molecule has 1 aromatic rings. The molecule has 0 heterocycles. The number of nitrogens with one attached hydrogen (secondary N) is 1. The van der Waals surface area contributed by atoms with E-state index in [0.717, 1.165) is 24.0 Å². The second-order valence-electron chi connectivity index (χ2n) is 4.79. The molecule has 3 N–H and O–H groups in total. The molecule has 0 saturated carbocycles. The molecule has 0 saturated heterocycles. The first-order chi connectivity index (χ1) is 9.90. The lowest BCUT2D eigenvalue weighted by atomic mass is 10.0. The summed E-state index contributed by atoms with van der Waals surface area (Å²) in [6, 6.07) is 6.92. The van der Waals surface area contributed by atoms with Crippen LogP contribution in [0.4, 0.5) is 17.6 Å². The van der Waals surface area contributed by atoms with Crippen LogP contribution in [0.5, 0.6) is 0 Å². The molecule has 0 aromatic heterocycles. The maximum atomic E-state index is 12.7. The van der Waals surface area contributed by atoms with Gasteiger partial charge in [-0.1, -0.05) is 37.6 Å². The van der Waals surface area contributed by atoms with Gasteiger partial charge >= 0.3 is 12.3 Å². The van der Waals surface area contributed by atoms with Crippen LogP contribution in [0.3, 0.4) is 0 Å². The molecule has 0 radical (unpaired) electrons. The van der Waals surface area contributed by atoms with Crippen molar-refractivity contribution in [3.05, 3.63) is 35.4 Å². The summed E-state index contributed by atoms with van der Waals surface area (Å²) in [6.07, 6.45) is -1.88. The maximum absolute atomic E-state index is 12.7. The summed E-state index contributed by atoms with van der Waals surface area (Å²) in [5.74, 6) is 1.22. The molecule has 1 aromatic carbocycles. The largest absolute Gasteiger partial charge is 0.373 e. The number of aryl methyl sites for hydroxylation is 1. The monoisotopic (exact) mass is 308 g/mol. The third-order valence-corrected chi connectivity index (χ3v) is 2.99. The van der Waals surface area contributed by atoms with E-state index < -0.39 is 25.0 Å². The maximum Gasteiger partial charge on any atom is 0.330 e. The van der Waals surface area contributed by atoms with Gasteiger partial charge in [-0.05, 0) is 17.5 Å². The molecule has 0 spiro atoms. The number of nitrogens with two attached hydrogens (primary N) is 1. The molecule has 3 nitrogen and oxygen atoms in total. The number of hydrogen-bond acceptors (Lipinski definition) is 3. The van der Waals surface area contributed by atoms with Crippen molar-refractivity contribution in [3.63, 3.8) is 0 Å². The molecule has 7 heteroatoms. The van der Waals surface area contributed by atoms with Crippen LogP contribution >= 0.6 is 0 Å². The normalized spacial score (nSPS) is 13.7. The van der Waals surface area contributed by atoms with E-state index in [-0.39, 0.29) is 6.61 Å². The van der Waals surface area contributed by atoms with Crippen LogP contribution < -0.4 is 11.3 Å². The van der Waals surface area contributed by atoms with Crippen molar-refractivity contribution in [3.8, 4) is 0 Å². The number of hydrogen-bond donors (Lipinski definition) is 2. The molecule has 1 rings (SSSR count). The summed E-state index contributed by atoms with van der Waals surface area (Å²) >= 11 is 0. The van der Waals surface area contributed by atoms with Gasteiger partial charge in [-0.15, -0.1) is 0 Å². The second-order valence-corrected chi connectivity index (χ2v) is 4.79. The molecule has 0 amide bonds. The van der Waals surface area contributed by atoms with E-state index in [1.165, 1.54) is 0 Å². The van der Waals surface area contributed by atoms with Crippen LogP contribution in [-0.2, 0) is 11.2 Å². The Morgan fingerprint density at radius 1 is 1.33 bits per heavy atom. The van der Waals surface area contributed by atoms with Crippen LogP contribution in [0.15, 0.2) is 24.3 Å². The lowest BCUT2D eigenvalue weighted by Crippen LogP contribution is -2.36. The molecule has 21 heavy (non-hydrogen) atoms. The Morgan fingerprint density at radius 2 is 2.05 bits per heavy atom. The van der Waals surface area contributed by atoms with Gasteiger partial charge in [0, 0.05) is 0 Å². The van der Waals surface area contributed by atoms with Crippen molar-refractivity contribution >= 4 is 0 Å². The zero-order chi connectivity index (χ0) is 15.9. The van der Waals surface area contributed by atoms with Gasteiger partial charge in [0.25, 0.3) is 0 Å². The molecule has 1 unspecified atom stereocenters. The number of benzene rings is 1. The van der Waals surface area contributed by atoms with Crippen LogP contribution in [0.1, 0.15) is 30.5 Å². The van der Waals surface area contributed by atoms with E-state index in [9.17, 15) is 17.6 Å². The first kappa shape index (κ1) is 17.9. The van der Waals surface area contributed by atoms with Crippen molar-refractivity contribution in [1.82, 2.24) is 5.43 Å². The fourth-order valence-electron chi connectivity index (χ4n) is 1.87. The molecule has 1 atom stereocenters. The van der Waals surface area contributed by atoms with Gasteiger partial charge in [0.2, 0.25) is 0 Å². The Kier molecular flexibility index (Phi) is 7.07. The van der Waals surface area contributed by atoms with E-state index in [1.807, 2.05) is 25.1 Å². The fraction of sp³-hybridized carbons (Fsp3) is 0.571. The molecule has 0 aliphatic carbocycles. The van der Waals surface area contributed by atoms with E-state index in [0.29, 0.717) is 0 Å². The van der Waals surface area contributed by atoms with Gasteiger partial charge in [0.05, 0.1) is 12.6 Å². The molecular weight excluding hydrogens is 288 g/mol. The van der Waals surface area contributed by atoms with Gasteiger partial charge in [0.1, 0.15) is 6.61 Å². The highest BCUT2D eigenvalue weighted by atomic mass is 19.3. The minimum Gasteiger partial charge on any atom is -0.373 e. The number of ether oxygens (including phenoxy) is 1. The predicted molar refractivity (Wildman–Crippen MR) is 72.3 cm³/mol. The molecule has 0 fully saturated rings. The highest BCUT2D eigenvalue weighted by Crippen LogP contribution is 2.24. The molecular formula is C14H20F4N2O. The highest BCUT2D eigenvalue weighted by Gasteiger charge is 2.41. The number of halogens is 4. The first-order valence-corrected chi connectivity index (χ1v) is 6.69. The third-order valence-electron chi connectivity index (χ3n) is 2.99. The summed E-state index contributed by atoms with van der Waals surface area (Å²) in [7, 11) is 0. The SMILES string of the molecule is CCCc1cccc(C(COCC(F)(F)C(F)F)NN)c1. The Morgan fingerprint density at radius 3 is 2.62 bits per heavy atom. The minimum atomic E-state index is -4.15. The van der Waals surface area contributed by atoms with Crippen LogP contribution in [-0.4, -0.2) is 25.6 Å². The van der Waals surface area contributed by atoms with E-state index in [4.69, 9.17) is 10.6 Å². The van der Waals surface area contributed by atoms with Crippen molar-refractivity contribution in [1.29, 1.82) is 0 Å². The highest BCUT2D eigenvalue weighted by molar-refractivity contribution is 5.26. The van der Waals surface area contributed by atoms with Crippen molar-refractivity contribution in [2.24, 2.45) is 5.84 Å². The second kappa shape index (κ2) is 8.31. The Labute approximate surface area is 121 Å². The summed E-state index contributed by atoms with van der Waals surface area (Å²) in [5.41, 5.74) is 4.30. The Balaban J connectivity index is 2.61. The number of hydrazine groups is 1.